The first kappa shape index (κ1) is 17.0. The van der Waals surface area contributed by atoms with Gasteiger partial charge in [0.15, 0.2) is 5.78 Å². The number of fused-ring (bicyclic) bond motifs is 1. The number of esters is 2. The minimum absolute atomic E-state index is 0.251. The summed E-state index contributed by atoms with van der Waals surface area (Å²) in [6.45, 7) is 3.96. The predicted octanol–water partition coefficient (Wildman–Crippen LogP) is 2.51. The lowest BCUT2D eigenvalue weighted by molar-refractivity contribution is -0.157. The highest BCUT2D eigenvalue weighted by atomic mass is 16.5. The Kier molecular flexibility index (Phi) is 5.98. The Balaban J connectivity index is 2.23. The van der Waals surface area contributed by atoms with E-state index in [1.807, 2.05) is 0 Å². The van der Waals surface area contributed by atoms with E-state index in [-0.39, 0.29) is 19.0 Å². The molecule has 4 atom stereocenters. The molecule has 2 fully saturated rings. The van der Waals surface area contributed by atoms with Crippen molar-refractivity contribution < 1.29 is 23.9 Å². The van der Waals surface area contributed by atoms with E-state index in [9.17, 15) is 14.4 Å². The van der Waals surface area contributed by atoms with E-state index < -0.39 is 23.8 Å². The van der Waals surface area contributed by atoms with Gasteiger partial charge in [0.2, 0.25) is 0 Å². The van der Waals surface area contributed by atoms with Gasteiger partial charge in [0.1, 0.15) is 11.8 Å². The second-order valence-electron chi connectivity index (χ2n) is 6.29. The van der Waals surface area contributed by atoms with Gasteiger partial charge in [-0.15, -0.1) is 0 Å². The van der Waals surface area contributed by atoms with Crippen molar-refractivity contribution in [3.8, 4) is 0 Å². The Morgan fingerprint density at radius 1 is 0.909 bits per heavy atom. The molecule has 2 rings (SSSR count). The summed E-state index contributed by atoms with van der Waals surface area (Å²) in [6.07, 6.45) is 5.38. The van der Waals surface area contributed by atoms with Gasteiger partial charge in [-0.2, -0.15) is 0 Å². The van der Waals surface area contributed by atoms with Crippen molar-refractivity contribution in [3.63, 3.8) is 0 Å². The number of ketones is 1. The zero-order valence-electron chi connectivity index (χ0n) is 13.5. The van der Waals surface area contributed by atoms with Crippen molar-refractivity contribution in [1.29, 1.82) is 0 Å². The zero-order valence-corrected chi connectivity index (χ0v) is 13.5. The highest BCUT2D eigenvalue weighted by Crippen LogP contribution is 2.42. The molecule has 0 aromatic heterocycles. The molecule has 2 aliphatic carbocycles. The van der Waals surface area contributed by atoms with Gasteiger partial charge in [-0.25, -0.2) is 0 Å². The molecule has 0 heterocycles. The molecule has 0 spiro atoms. The van der Waals surface area contributed by atoms with E-state index in [4.69, 9.17) is 9.47 Å². The predicted molar refractivity (Wildman–Crippen MR) is 79.9 cm³/mol. The van der Waals surface area contributed by atoms with Gasteiger partial charge in [0.25, 0.3) is 0 Å². The summed E-state index contributed by atoms with van der Waals surface area (Å²) in [6, 6.07) is 0. The average molecular weight is 310 g/mol. The van der Waals surface area contributed by atoms with Crippen LogP contribution >= 0.6 is 0 Å². The van der Waals surface area contributed by atoms with Crippen molar-refractivity contribution in [2.75, 3.05) is 13.2 Å². The summed E-state index contributed by atoms with van der Waals surface area (Å²) in [5, 5.41) is 0. The van der Waals surface area contributed by atoms with Crippen molar-refractivity contribution in [2.24, 2.45) is 23.7 Å². The fourth-order valence-electron chi connectivity index (χ4n) is 3.90. The normalized spacial score (nSPS) is 31.8. The molecule has 22 heavy (non-hydrogen) atoms. The van der Waals surface area contributed by atoms with Crippen LogP contribution in [0.1, 0.15) is 52.4 Å². The van der Waals surface area contributed by atoms with Crippen LogP contribution in [0.3, 0.4) is 0 Å². The Hall–Kier alpha value is -1.39. The average Bonchev–Trinajstić information content (AvgIpc) is 2.65. The Morgan fingerprint density at radius 3 is 1.68 bits per heavy atom. The number of carbonyl (C=O) groups is 3. The van der Waals surface area contributed by atoms with Crippen LogP contribution in [-0.2, 0) is 23.9 Å². The van der Waals surface area contributed by atoms with Crippen LogP contribution in [0.25, 0.3) is 0 Å². The summed E-state index contributed by atoms with van der Waals surface area (Å²) in [7, 11) is 0. The molecule has 5 nitrogen and oxygen atoms in total. The van der Waals surface area contributed by atoms with Crippen LogP contribution in [0.2, 0.25) is 0 Å². The number of ether oxygens (including phenoxy) is 2. The quantitative estimate of drug-likeness (QED) is 0.589. The van der Waals surface area contributed by atoms with Crippen molar-refractivity contribution in [2.45, 2.75) is 52.4 Å². The highest BCUT2D eigenvalue weighted by Gasteiger charge is 2.45. The Labute approximate surface area is 131 Å². The van der Waals surface area contributed by atoms with E-state index in [2.05, 4.69) is 0 Å². The monoisotopic (exact) mass is 310 g/mol. The SMILES string of the molecule is CCOC(=O)C1CC2CCCCC2CC(C(=O)OCC)C1=O. The number of carbonyl (C=O) groups excluding carboxylic acids is 3. The largest absolute Gasteiger partial charge is 0.465 e. The molecule has 0 aliphatic heterocycles. The van der Waals surface area contributed by atoms with Gasteiger partial charge < -0.3 is 9.47 Å². The van der Waals surface area contributed by atoms with E-state index in [1.165, 1.54) is 0 Å². The molecule has 0 N–H and O–H groups in total. The molecule has 4 unspecified atom stereocenters. The molecular formula is C17H26O5. The lowest BCUT2D eigenvalue weighted by Crippen LogP contribution is -2.35. The van der Waals surface area contributed by atoms with Crippen molar-refractivity contribution in [1.82, 2.24) is 0 Å². The van der Waals surface area contributed by atoms with Gasteiger partial charge in [-0.05, 0) is 38.5 Å². The lowest BCUT2D eigenvalue weighted by atomic mass is 9.75. The maximum atomic E-state index is 12.7. The molecule has 124 valence electrons. The van der Waals surface area contributed by atoms with Crippen LogP contribution in [0.5, 0.6) is 0 Å². The van der Waals surface area contributed by atoms with Crippen LogP contribution in [-0.4, -0.2) is 30.9 Å². The number of hydrogen-bond donors (Lipinski definition) is 0. The number of Topliss-reactive ketones (excluding diaryl/α,β-unsaturated/α-hetero) is 1. The van der Waals surface area contributed by atoms with Gasteiger partial charge in [-0.1, -0.05) is 25.7 Å². The molecule has 0 radical (unpaired) electrons. The van der Waals surface area contributed by atoms with Gasteiger partial charge in [-0.3, -0.25) is 14.4 Å². The number of hydrogen-bond acceptors (Lipinski definition) is 5. The summed E-state index contributed by atoms with van der Waals surface area (Å²) in [5.41, 5.74) is 0. The second kappa shape index (κ2) is 7.75. The van der Waals surface area contributed by atoms with Crippen LogP contribution in [0.4, 0.5) is 0 Å². The third kappa shape index (κ3) is 3.68. The number of rotatable bonds is 4. The first-order valence-electron chi connectivity index (χ1n) is 8.45. The summed E-state index contributed by atoms with van der Waals surface area (Å²) < 4.78 is 10.1. The molecule has 0 amide bonds. The molecule has 0 bridgehead atoms. The summed E-state index contributed by atoms with van der Waals surface area (Å²) in [4.78, 5) is 37.1. The Morgan fingerprint density at radius 2 is 1.32 bits per heavy atom. The first-order chi connectivity index (χ1) is 10.6. The molecule has 5 heteroatoms. The fourth-order valence-corrected chi connectivity index (χ4v) is 3.90. The van der Waals surface area contributed by atoms with Crippen LogP contribution in [0.15, 0.2) is 0 Å². The maximum absolute atomic E-state index is 12.7. The molecule has 2 aliphatic rings. The second-order valence-corrected chi connectivity index (χ2v) is 6.29. The van der Waals surface area contributed by atoms with Gasteiger partial charge >= 0.3 is 11.9 Å². The van der Waals surface area contributed by atoms with Crippen molar-refractivity contribution >= 4 is 17.7 Å². The standard InChI is InChI=1S/C17H26O5/c1-3-21-16(19)13-9-11-7-5-6-8-12(11)10-14(15(13)18)17(20)22-4-2/h11-14H,3-10H2,1-2H3. The van der Waals surface area contributed by atoms with Crippen LogP contribution < -0.4 is 0 Å². The summed E-state index contributed by atoms with van der Waals surface area (Å²) >= 11 is 0. The molecule has 0 aromatic rings. The zero-order chi connectivity index (χ0) is 16.1. The minimum Gasteiger partial charge on any atom is -0.465 e. The fraction of sp³-hybridized carbons (Fsp3) is 0.824. The van der Waals surface area contributed by atoms with Gasteiger partial charge in [0.05, 0.1) is 13.2 Å². The Bertz CT molecular complexity index is 393. The minimum atomic E-state index is -0.803. The first-order valence-corrected chi connectivity index (χ1v) is 8.45. The highest BCUT2D eigenvalue weighted by molar-refractivity contribution is 6.08. The van der Waals surface area contributed by atoms with E-state index in [1.54, 1.807) is 13.8 Å². The van der Waals surface area contributed by atoms with Gasteiger partial charge in [0, 0.05) is 0 Å². The third-order valence-electron chi connectivity index (χ3n) is 4.97. The van der Waals surface area contributed by atoms with Crippen LogP contribution in [0, 0.1) is 23.7 Å². The molecule has 2 saturated carbocycles. The molecule has 0 saturated heterocycles. The van der Waals surface area contributed by atoms with Crippen molar-refractivity contribution in [3.05, 3.63) is 0 Å². The molecule has 0 aromatic carbocycles. The van der Waals surface area contributed by atoms with E-state index in [0.717, 1.165) is 25.7 Å². The summed E-state index contributed by atoms with van der Waals surface area (Å²) in [5.74, 6) is -2.18. The molecular weight excluding hydrogens is 284 g/mol. The topological polar surface area (TPSA) is 69.7 Å². The lowest BCUT2D eigenvalue weighted by Gasteiger charge is -2.30. The third-order valence-corrected chi connectivity index (χ3v) is 4.97. The smallest absolute Gasteiger partial charge is 0.316 e. The van der Waals surface area contributed by atoms with E-state index in [0.29, 0.717) is 24.7 Å². The maximum Gasteiger partial charge on any atom is 0.316 e. The van der Waals surface area contributed by atoms with E-state index >= 15 is 0 Å².